The highest BCUT2D eigenvalue weighted by Crippen LogP contribution is 2.27. The van der Waals surface area contributed by atoms with Crippen molar-refractivity contribution in [2.24, 2.45) is 5.92 Å². The van der Waals surface area contributed by atoms with Gasteiger partial charge in [0.15, 0.2) is 5.82 Å². The number of hydrogen-bond acceptors (Lipinski definition) is 2. The number of piperidine rings is 1. The molecule has 1 saturated heterocycles. The topological polar surface area (TPSA) is 41.1 Å². The number of rotatable bonds is 3. The van der Waals surface area contributed by atoms with Crippen LogP contribution < -0.4 is 10.6 Å². The first-order chi connectivity index (χ1) is 9.06. The molecule has 19 heavy (non-hydrogen) atoms. The molecule has 1 amide bonds. The standard InChI is InChI=1S/C13H15BrF2N2O/c14-10-5-9(15)6-11(16)13(10)18-12(19)4-8-2-1-3-17-7-8/h5-6,8,17H,1-4,7H2,(H,18,19). The largest absolute Gasteiger partial charge is 0.323 e. The third-order valence-electron chi connectivity index (χ3n) is 3.14. The lowest BCUT2D eigenvalue weighted by atomic mass is 9.96. The molecule has 0 radical (unpaired) electrons. The molecule has 1 aliphatic heterocycles. The summed E-state index contributed by atoms with van der Waals surface area (Å²) in [7, 11) is 0. The summed E-state index contributed by atoms with van der Waals surface area (Å²) in [5.41, 5.74) is -0.00447. The Morgan fingerprint density at radius 1 is 1.47 bits per heavy atom. The van der Waals surface area contributed by atoms with Crippen molar-refractivity contribution >= 4 is 27.5 Å². The molecule has 104 valence electrons. The Balaban J connectivity index is 1.98. The second kappa shape index (κ2) is 6.43. The lowest BCUT2D eigenvalue weighted by Gasteiger charge is -2.22. The first kappa shape index (κ1) is 14.4. The highest BCUT2D eigenvalue weighted by atomic mass is 79.9. The van der Waals surface area contributed by atoms with Crippen molar-refractivity contribution in [2.75, 3.05) is 18.4 Å². The fourth-order valence-electron chi connectivity index (χ4n) is 2.21. The fourth-order valence-corrected chi connectivity index (χ4v) is 2.72. The van der Waals surface area contributed by atoms with Crippen LogP contribution in [0.5, 0.6) is 0 Å². The number of halogens is 3. The quantitative estimate of drug-likeness (QED) is 0.893. The molecule has 0 aromatic heterocycles. The Kier molecular flexibility index (Phi) is 4.87. The zero-order valence-electron chi connectivity index (χ0n) is 10.3. The van der Waals surface area contributed by atoms with Crippen LogP contribution in [-0.4, -0.2) is 19.0 Å². The van der Waals surface area contributed by atoms with Gasteiger partial charge in [-0.1, -0.05) is 0 Å². The van der Waals surface area contributed by atoms with Crippen LogP contribution in [-0.2, 0) is 4.79 Å². The van der Waals surface area contributed by atoms with Crippen molar-refractivity contribution in [3.8, 4) is 0 Å². The van der Waals surface area contributed by atoms with Crippen molar-refractivity contribution in [1.82, 2.24) is 5.32 Å². The maximum atomic E-state index is 13.6. The fraction of sp³-hybridized carbons (Fsp3) is 0.462. The van der Waals surface area contributed by atoms with Gasteiger partial charge in [0.2, 0.25) is 5.91 Å². The van der Waals surface area contributed by atoms with E-state index in [1.165, 1.54) is 0 Å². The summed E-state index contributed by atoms with van der Waals surface area (Å²) in [4.78, 5) is 11.8. The highest BCUT2D eigenvalue weighted by Gasteiger charge is 2.18. The highest BCUT2D eigenvalue weighted by molar-refractivity contribution is 9.10. The van der Waals surface area contributed by atoms with Gasteiger partial charge in [0.05, 0.1) is 5.69 Å². The molecule has 1 atom stereocenters. The first-order valence-electron chi connectivity index (χ1n) is 6.21. The van der Waals surface area contributed by atoms with E-state index < -0.39 is 11.6 Å². The average molecular weight is 333 g/mol. The number of carbonyl (C=O) groups is 1. The van der Waals surface area contributed by atoms with Crippen LogP contribution in [0.1, 0.15) is 19.3 Å². The van der Waals surface area contributed by atoms with Crippen LogP contribution in [0, 0.1) is 17.6 Å². The second-order valence-corrected chi connectivity index (χ2v) is 5.56. The monoisotopic (exact) mass is 332 g/mol. The second-order valence-electron chi connectivity index (χ2n) is 4.71. The van der Waals surface area contributed by atoms with E-state index in [4.69, 9.17) is 0 Å². The maximum absolute atomic E-state index is 13.6. The Morgan fingerprint density at radius 3 is 2.89 bits per heavy atom. The van der Waals surface area contributed by atoms with Gasteiger partial charge in [-0.25, -0.2) is 8.78 Å². The Bertz CT molecular complexity index is 453. The number of hydrogen-bond donors (Lipinski definition) is 2. The number of carbonyl (C=O) groups excluding carboxylic acids is 1. The number of anilines is 1. The zero-order chi connectivity index (χ0) is 13.8. The SMILES string of the molecule is O=C(CC1CCCNC1)Nc1c(F)cc(F)cc1Br. The van der Waals surface area contributed by atoms with Crippen molar-refractivity contribution in [1.29, 1.82) is 0 Å². The van der Waals surface area contributed by atoms with E-state index in [1.807, 2.05) is 0 Å². The van der Waals surface area contributed by atoms with Crippen LogP contribution in [0.25, 0.3) is 0 Å². The van der Waals surface area contributed by atoms with Crippen LogP contribution in [0.15, 0.2) is 16.6 Å². The average Bonchev–Trinajstić information content (AvgIpc) is 2.35. The first-order valence-corrected chi connectivity index (χ1v) is 7.00. The third-order valence-corrected chi connectivity index (χ3v) is 3.77. The Labute approximate surface area is 118 Å². The van der Waals surface area contributed by atoms with Gasteiger partial charge in [0.25, 0.3) is 0 Å². The predicted octanol–water partition coefficient (Wildman–Crippen LogP) is 3.06. The molecule has 1 unspecified atom stereocenters. The van der Waals surface area contributed by atoms with Crippen molar-refractivity contribution in [2.45, 2.75) is 19.3 Å². The van der Waals surface area contributed by atoms with E-state index in [2.05, 4.69) is 26.6 Å². The molecule has 2 rings (SSSR count). The Hall–Kier alpha value is -1.01. The van der Waals surface area contributed by atoms with Crippen LogP contribution in [0.4, 0.5) is 14.5 Å². The van der Waals surface area contributed by atoms with Crippen molar-refractivity contribution in [3.63, 3.8) is 0 Å². The van der Waals surface area contributed by atoms with Crippen LogP contribution in [0.2, 0.25) is 0 Å². The summed E-state index contributed by atoms with van der Waals surface area (Å²) in [5, 5.41) is 5.72. The summed E-state index contributed by atoms with van der Waals surface area (Å²) < 4.78 is 26.7. The van der Waals surface area contributed by atoms with Gasteiger partial charge in [0.1, 0.15) is 5.82 Å². The minimum absolute atomic E-state index is 0.00447. The van der Waals surface area contributed by atoms with Gasteiger partial charge >= 0.3 is 0 Å². The molecular formula is C13H15BrF2N2O. The lowest BCUT2D eigenvalue weighted by Crippen LogP contribution is -2.32. The molecule has 6 heteroatoms. The van der Waals surface area contributed by atoms with Crippen LogP contribution in [0.3, 0.4) is 0 Å². The minimum atomic E-state index is -0.776. The number of benzene rings is 1. The van der Waals surface area contributed by atoms with Crippen LogP contribution >= 0.6 is 15.9 Å². The molecule has 3 nitrogen and oxygen atoms in total. The van der Waals surface area contributed by atoms with Crippen molar-refractivity contribution < 1.29 is 13.6 Å². The van der Waals surface area contributed by atoms with Gasteiger partial charge in [-0.2, -0.15) is 0 Å². The molecule has 1 aromatic carbocycles. The molecule has 0 aliphatic carbocycles. The predicted molar refractivity (Wildman–Crippen MR) is 72.9 cm³/mol. The smallest absolute Gasteiger partial charge is 0.224 e. The van der Waals surface area contributed by atoms with Gasteiger partial charge in [-0.3, -0.25) is 4.79 Å². The van der Waals surface area contributed by atoms with Crippen molar-refractivity contribution in [3.05, 3.63) is 28.2 Å². The maximum Gasteiger partial charge on any atom is 0.224 e. The van der Waals surface area contributed by atoms with E-state index >= 15 is 0 Å². The molecule has 1 heterocycles. The summed E-state index contributed by atoms with van der Waals surface area (Å²) in [6.45, 7) is 1.79. The summed E-state index contributed by atoms with van der Waals surface area (Å²) >= 11 is 3.04. The molecule has 0 spiro atoms. The Morgan fingerprint density at radius 2 is 2.26 bits per heavy atom. The molecule has 1 fully saturated rings. The van der Waals surface area contributed by atoms with E-state index in [9.17, 15) is 13.6 Å². The summed E-state index contributed by atoms with van der Waals surface area (Å²) in [6, 6.07) is 1.88. The van der Waals surface area contributed by atoms with E-state index in [0.29, 0.717) is 6.42 Å². The molecular weight excluding hydrogens is 318 g/mol. The minimum Gasteiger partial charge on any atom is -0.323 e. The third kappa shape index (κ3) is 3.98. The van der Waals surface area contributed by atoms with Gasteiger partial charge in [0, 0.05) is 17.0 Å². The summed E-state index contributed by atoms with van der Waals surface area (Å²) in [6.07, 6.45) is 2.39. The van der Waals surface area contributed by atoms with Gasteiger partial charge in [-0.05, 0) is 53.8 Å². The lowest BCUT2D eigenvalue weighted by molar-refractivity contribution is -0.117. The molecule has 1 aromatic rings. The van der Waals surface area contributed by atoms with E-state index in [-0.39, 0.29) is 22.0 Å². The molecule has 0 bridgehead atoms. The molecule has 1 aliphatic rings. The molecule has 0 saturated carbocycles. The molecule has 2 N–H and O–H groups in total. The number of nitrogens with one attached hydrogen (secondary N) is 2. The van der Waals surface area contributed by atoms with E-state index in [0.717, 1.165) is 38.1 Å². The number of amides is 1. The normalized spacial score (nSPS) is 19.2. The van der Waals surface area contributed by atoms with Gasteiger partial charge in [-0.15, -0.1) is 0 Å². The van der Waals surface area contributed by atoms with Gasteiger partial charge < -0.3 is 10.6 Å². The summed E-state index contributed by atoms with van der Waals surface area (Å²) in [5.74, 6) is -1.43. The van der Waals surface area contributed by atoms with E-state index in [1.54, 1.807) is 0 Å². The zero-order valence-corrected chi connectivity index (χ0v) is 11.9.